The van der Waals surface area contributed by atoms with Crippen molar-refractivity contribution in [1.82, 2.24) is 15.2 Å². The van der Waals surface area contributed by atoms with Crippen molar-refractivity contribution in [3.8, 4) is 5.75 Å². The standard InChI is InChI=1S/C14H20N4O3/c1-17-6-7-18(10-13(17)19)8-9-21-12-4-2-11(3-5-12)14(20)16-15/h2-5H,6-10,15H2,1H3,(H,16,20). The number of likely N-dealkylation sites (N-methyl/N-ethyl adjacent to an activating group) is 1. The van der Waals surface area contributed by atoms with Crippen LogP contribution in [0.4, 0.5) is 0 Å². The monoisotopic (exact) mass is 292 g/mol. The number of benzene rings is 1. The minimum absolute atomic E-state index is 0.137. The summed E-state index contributed by atoms with van der Waals surface area (Å²) in [7, 11) is 1.81. The summed E-state index contributed by atoms with van der Waals surface area (Å²) in [6.07, 6.45) is 0. The molecule has 1 heterocycles. The second kappa shape index (κ2) is 7.05. The second-order valence-corrected chi connectivity index (χ2v) is 4.94. The molecule has 0 atom stereocenters. The highest BCUT2D eigenvalue weighted by Gasteiger charge is 2.20. The number of nitrogens with zero attached hydrogens (tertiary/aromatic N) is 2. The number of rotatable bonds is 5. The van der Waals surface area contributed by atoms with Crippen LogP contribution in [-0.4, -0.2) is 61.4 Å². The van der Waals surface area contributed by atoms with Crippen LogP contribution >= 0.6 is 0 Å². The number of nitrogen functional groups attached to an aromatic ring is 1. The first-order valence-corrected chi connectivity index (χ1v) is 6.80. The van der Waals surface area contributed by atoms with E-state index in [1.165, 1.54) is 0 Å². The van der Waals surface area contributed by atoms with E-state index in [2.05, 4.69) is 10.3 Å². The first kappa shape index (κ1) is 15.3. The lowest BCUT2D eigenvalue weighted by Gasteiger charge is -2.31. The van der Waals surface area contributed by atoms with E-state index in [9.17, 15) is 9.59 Å². The van der Waals surface area contributed by atoms with Crippen LogP contribution in [0.3, 0.4) is 0 Å². The van der Waals surface area contributed by atoms with Gasteiger partial charge in [0.25, 0.3) is 5.91 Å². The smallest absolute Gasteiger partial charge is 0.265 e. The molecule has 7 heteroatoms. The summed E-state index contributed by atoms with van der Waals surface area (Å²) in [5.74, 6) is 5.54. The van der Waals surface area contributed by atoms with Crippen molar-refractivity contribution in [2.45, 2.75) is 0 Å². The molecule has 0 spiro atoms. The lowest BCUT2D eigenvalue weighted by Crippen LogP contribution is -2.49. The van der Waals surface area contributed by atoms with Gasteiger partial charge < -0.3 is 9.64 Å². The van der Waals surface area contributed by atoms with Crippen LogP contribution in [0.2, 0.25) is 0 Å². The summed E-state index contributed by atoms with van der Waals surface area (Å²) in [6, 6.07) is 6.74. The summed E-state index contributed by atoms with van der Waals surface area (Å²) in [5.41, 5.74) is 2.55. The molecule has 1 fully saturated rings. The molecule has 1 aromatic carbocycles. The summed E-state index contributed by atoms with van der Waals surface area (Å²) in [5, 5.41) is 0. The maximum atomic E-state index is 11.6. The van der Waals surface area contributed by atoms with Gasteiger partial charge in [0.2, 0.25) is 5.91 Å². The molecule has 2 amide bonds. The van der Waals surface area contributed by atoms with Crippen molar-refractivity contribution in [2.75, 3.05) is 39.8 Å². The molecule has 3 N–H and O–H groups in total. The average molecular weight is 292 g/mol. The predicted octanol–water partition coefficient (Wildman–Crippen LogP) is -0.557. The van der Waals surface area contributed by atoms with Crippen molar-refractivity contribution >= 4 is 11.8 Å². The fourth-order valence-electron chi connectivity index (χ4n) is 2.08. The molecule has 0 aromatic heterocycles. The summed E-state index contributed by atoms with van der Waals surface area (Å²) in [6.45, 7) is 3.25. The Morgan fingerprint density at radius 2 is 2.05 bits per heavy atom. The molecule has 0 bridgehead atoms. The molecule has 21 heavy (non-hydrogen) atoms. The van der Waals surface area contributed by atoms with E-state index in [4.69, 9.17) is 10.6 Å². The highest BCUT2D eigenvalue weighted by molar-refractivity contribution is 5.93. The number of carbonyl (C=O) groups excluding carboxylic acids is 2. The van der Waals surface area contributed by atoms with Crippen molar-refractivity contribution in [1.29, 1.82) is 0 Å². The van der Waals surface area contributed by atoms with Gasteiger partial charge in [-0.2, -0.15) is 0 Å². The van der Waals surface area contributed by atoms with Gasteiger partial charge in [-0.3, -0.25) is 19.9 Å². The highest BCUT2D eigenvalue weighted by Crippen LogP contribution is 2.12. The van der Waals surface area contributed by atoms with Gasteiger partial charge in [0.15, 0.2) is 0 Å². The third kappa shape index (κ3) is 4.17. The fraction of sp³-hybridized carbons (Fsp3) is 0.429. The molecule has 0 aliphatic carbocycles. The Labute approximate surface area is 123 Å². The van der Waals surface area contributed by atoms with Crippen LogP contribution in [0.15, 0.2) is 24.3 Å². The van der Waals surface area contributed by atoms with Gasteiger partial charge in [-0.15, -0.1) is 0 Å². The first-order valence-electron chi connectivity index (χ1n) is 6.80. The number of hydrogen-bond donors (Lipinski definition) is 2. The number of hydrogen-bond acceptors (Lipinski definition) is 5. The molecule has 1 aliphatic rings. The Morgan fingerprint density at radius 1 is 1.33 bits per heavy atom. The topological polar surface area (TPSA) is 87.9 Å². The fourth-order valence-corrected chi connectivity index (χ4v) is 2.08. The molecule has 0 saturated carbocycles. The van der Waals surface area contributed by atoms with E-state index in [-0.39, 0.29) is 11.8 Å². The predicted molar refractivity (Wildman–Crippen MR) is 77.7 cm³/mol. The van der Waals surface area contributed by atoms with E-state index in [1.54, 1.807) is 29.2 Å². The number of nitrogens with two attached hydrogens (primary N) is 1. The Hall–Kier alpha value is -2.12. The highest BCUT2D eigenvalue weighted by atomic mass is 16.5. The largest absolute Gasteiger partial charge is 0.492 e. The van der Waals surface area contributed by atoms with Crippen LogP contribution in [0.1, 0.15) is 10.4 Å². The zero-order valence-electron chi connectivity index (χ0n) is 12.0. The summed E-state index contributed by atoms with van der Waals surface area (Å²) >= 11 is 0. The Bertz CT molecular complexity index is 503. The number of hydrazine groups is 1. The molecule has 0 radical (unpaired) electrons. The molecule has 1 saturated heterocycles. The first-order chi connectivity index (χ1) is 10.1. The van der Waals surface area contributed by atoms with Crippen molar-refractivity contribution in [2.24, 2.45) is 5.84 Å². The Kier molecular flexibility index (Phi) is 5.13. The quantitative estimate of drug-likeness (QED) is 0.432. The molecule has 1 aliphatic heterocycles. The normalized spacial score (nSPS) is 15.9. The minimum atomic E-state index is -0.336. The van der Waals surface area contributed by atoms with Crippen LogP contribution in [0.5, 0.6) is 5.75 Å². The number of ether oxygens (including phenoxy) is 1. The second-order valence-electron chi connectivity index (χ2n) is 4.94. The third-order valence-electron chi connectivity index (χ3n) is 3.46. The van der Waals surface area contributed by atoms with E-state index >= 15 is 0 Å². The van der Waals surface area contributed by atoms with Crippen LogP contribution < -0.4 is 16.0 Å². The van der Waals surface area contributed by atoms with E-state index in [0.717, 1.165) is 13.1 Å². The minimum Gasteiger partial charge on any atom is -0.492 e. The molecular formula is C14H20N4O3. The average Bonchev–Trinajstić information content (AvgIpc) is 2.51. The summed E-state index contributed by atoms with van der Waals surface area (Å²) in [4.78, 5) is 26.6. The maximum absolute atomic E-state index is 11.6. The van der Waals surface area contributed by atoms with Gasteiger partial charge in [0.1, 0.15) is 12.4 Å². The number of nitrogens with one attached hydrogen (secondary N) is 1. The SMILES string of the molecule is CN1CCN(CCOc2ccc(C(=O)NN)cc2)CC1=O. The molecular weight excluding hydrogens is 272 g/mol. The molecule has 2 rings (SSSR count). The lowest BCUT2D eigenvalue weighted by molar-refractivity contribution is -0.134. The van der Waals surface area contributed by atoms with Crippen LogP contribution in [0, 0.1) is 0 Å². The molecule has 114 valence electrons. The van der Waals surface area contributed by atoms with Gasteiger partial charge >= 0.3 is 0 Å². The van der Waals surface area contributed by atoms with E-state index in [0.29, 0.717) is 31.0 Å². The summed E-state index contributed by atoms with van der Waals surface area (Å²) < 4.78 is 5.61. The number of amides is 2. The number of piperazine rings is 1. The molecule has 7 nitrogen and oxygen atoms in total. The van der Waals surface area contributed by atoms with Crippen molar-refractivity contribution in [3.63, 3.8) is 0 Å². The zero-order valence-corrected chi connectivity index (χ0v) is 12.0. The Balaban J connectivity index is 1.76. The Morgan fingerprint density at radius 3 is 2.67 bits per heavy atom. The number of carbonyl (C=O) groups is 2. The van der Waals surface area contributed by atoms with Crippen molar-refractivity contribution < 1.29 is 14.3 Å². The van der Waals surface area contributed by atoms with Crippen molar-refractivity contribution in [3.05, 3.63) is 29.8 Å². The molecule has 1 aromatic rings. The van der Waals surface area contributed by atoms with Crippen LogP contribution in [0.25, 0.3) is 0 Å². The van der Waals surface area contributed by atoms with Gasteiger partial charge in [-0.05, 0) is 24.3 Å². The zero-order chi connectivity index (χ0) is 15.2. The molecule has 0 unspecified atom stereocenters. The maximum Gasteiger partial charge on any atom is 0.265 e. The van der Waals surface area contributed by atoms with Gasteiger partial charge in [0, 0.05) is 32.2 Å². The van der Waals surface area contributed by atoms with E-state index in [1.807, 2.05) is 7.05 Å². The third-order valence-corrected chi connectivity index (χ3v) is 3.46. The van der Waals surface area contributed by atoms with Gasteiger partial charge in [0.05, 0.1) is 6.54 Å². The van der Waals surface area contributed by atoms with Gasteiger partial charge in [-0.1, -0.05) is 0 Å². The van der Waals surface area contributed by atoms with Gasteiger partial charge in [-0.25, -0.2) is 5.84 Å². The van der Waals surface area contributed by atoms with E-state index < -0.39 is 0 Å². The van der Waals surface area contributed by atoms with Crippen LogP contribution in [-0.2, 0) is 4.79 Å². The lowest BCUT2D eigenvalue weighted by atomic mass is 10.2.